The van der Waals surface area contributed by atoms with Crippen molar-refractivity contribution in [2.24, 2.45) is 5.10 Å². The summed E-state index contributed by atoms with van der Waals surface area (Å²) in [5.74, 6) is 0. The topological polar surface area (TPSA) is 72.5 Å². The van der Waals surface area contributed by atoms with Crippen LogP contribution in [0.2, 0.25) is 0 Å². The Morgan fingerprint density at radius 3 is 2.37 bits per heavy atom. The van der Waals surface area contributed by atoms with E-state index >= 15 is 0 Å². The summed E-state index contributed by atoms with van der Waals surface area (Å²) in [5.41, 5.74) is 10.6. The predicted octanol–water partition coefficient (Wildman–Crippen LogP) is 5.07. The fourth-order valence-electron chi connectivity index (χ4n) is 3.18. The molecule has 0 amide bonds. The van der Waals surface area contributed by atoms with Gasteiger partial charge in [0.2, 0.25) is 0 Å². The van der Waals surface area contributed by atoms with Crippen LogP contribution in [0, 0.1) is 37.8 Å². The molecule has 1 heterocycles. The molecule has 6 heteroatoms. The monoisotopic (exact) mass is 362 g/mol. The van der Waals surface area contributed by atoms with Crippen LogP contribution in [0.1, 0.15) is 28.1 Å². The summed E-state index contributed by atoms with van der Waals surface area (Å²) < 4.78 is 2.22. The van der Waals surface area contributed by atoms with Crippen LogP contribution >= 0.6 is 0 Å². The lowest BCUT2D eigenvalue weighted by molar-refractivity contribution is -0.384. The molecule has 1 N–H and O–H groups in total. The van der Waals surface area contributed by atoms with Crippen LogP contribution < -0.4 is 5.43 Å². The van der Waals surface area contributed by atoms with Gasteiger partial charge in [-0.3, -0.25) is 15.5 Å². The van der Waals surface area contributed by atoms with Crippen LogP contribution in [0.25, 0.3) is 5.69 Å². The number of rotatable bonds is 5. The summed E-state index contributed by atoms with van der Waals surface area (Å²) in [4.78, 5) is 10.3. The zero-order valence-corrected chi connectivity index (χ0v) is 15.9. The molecule has 138 valence electrons. The van der Waals surface area contributed by atoms with Gasteiger partial charge in [0.05, 0.1) is 16.8 Å². The number of nitro benzene ring substituents is 1. The van der Waals surface area contributed by atoms with Crippen LogP contribution in [0.3, 0.4) is 0 Å². The molecule has 3 aromatic rings. The lowest BCUT2D eigenvalue weighted by Crippen LogP contribution is -2.02. The lowest BCUT2D eigenvalue weighted by Gasteiger charge is -2.13. The average molecular weight is 362 g/mol. The Kier molecular flexibility index (Phi) is 5.07. The number of aromatic nitrogens is 1. The van der Waals surface area contributed by atoms with Crippen molar-refractivity contribution < 1.29 is 4.92 Å². The number of anilines is 1. The molecule has 0 aliphatic rings. The van der Waals surface area contributed by atoms with Gasteiger partial charge in [0.15, 0.2) is 0 Å². The van der Waals surface area contributed by atoms with Gasteiger partial charge in [-0.2, -0.15) is 5.10 Å². The Hall–Kier alpha value is -3.41. The molecular formula is C21H22N4O2. The summed E-state index contributed by atoms with van der Waals surface area (Å²) in [6.07, 6.45) is 1.77. The standard InChI is InChI=1S/C21H22N4O2/c1-14-5-10-21(15(2)11-14)24-16(3)12-18(17(24)4)13-22-23-19-6-8-20(9-7-19)25(26)27/h5-13,23H,1-4H3/b22-13+. The molecule has 0 saturated heterocycles. The average Bonchev–Trinajstić information content (AvgIpc) is 2.90. The largest absolute Gasteiger partial charge is 0.318 e. The molecular weight excluding hydrogens is 340 g/mol. The fraction of sp³-hybridized carbons (Fsp3) is 0.190. The minimum absolute atomic E-state index is 0.0570. The van der Waals surface area contributed by atoms with Gasteiger partial charge in [0, 0.05) is 34.8 Å². The Labute approximate surface area is 158 Å². The first kappa shape index (κ1) is 18.4. The second-order valence-electron chi connectivity index (χ2n) is 6.63. The number of hydrogen-bond donors (Lipinski definition) is 1. The normalized spacial score (nSPS) is 11.1. The maximum absolute atomic E-state index is 10.7. The van der Waals surface area contributed by atoms with E-state index in [0.29, 0.717) is 5.69 Å². The predicted molar refractivity (Wildman–Crippen MR) is 109 cm³/mol. The number of nitro groups is 1. The van der Waals surface area contributed by atoms with Crippen LogP contribution in [0.5, 0.6) is 0 Å². The lowest BCUT2D eigenvalue weighted by atomic mass is 10.1. The zero-order chi connectivity index (χ0) is 19.6. The number of benzene rings is 2. The highest BCUT2D eigenvalue weighted by Crippen LogP contribution is 2.23. The summed E-state index contributed by atoms with van der Waals surface area (Å²) in [6.45, 7) is 8.35. The first-order chi connectivity index (χ1) is 12.9. The van der Waals surface area contributed by atoms with Crippen molar-refractivity contribution in [3.8, 4) is 5.69 Å². The highest BCUT2D eigenvalue weighted by atomic mass is 16.6. The zero-order valence-electron chi connectivity index (χ0n) is 15.9. The molecule has 0 radical (unpaired) electrons. The van der Waals surface area contributed by atoms with E-state index in [4.69, 9.17) is 0 Å². The second kappa shape index (κ2) is 7.45. The van der Waals surface area contributed by atoms with Gasteiger partial charge in [0.25, 0.3) is 5.69 Å². The van der Waals surface area contributed by atoms with Gasteiger partial charge in [-0.1, -0.05) is 17.7 Å². The van der Waals surface area contributed by atoms with Crippen molar-refractivity contribution in [3.05, 3.63) is 86.7 Å². The molecule has 0 unspecified atom stereocenters. The SMILES string of the molecule is Cc1ccc(-n2c(C)cc(/C=N/Nc3ccc([N+](=O)[O-])cc3)c2C)c(C)c1. The Balaban J connectivity index is 1.82. The van der Waals surface area contributed by atoms with Crippen LogP contribution in [0.4, 0.5) is 11.4 Å². The molecule has 0 bridgehead atoms. The van der Waals surface area contributed by atoms with Crippen LogP contribution in [0.15, 0.2) is 53.6 Å². The number of non-ortho nitro benzene ring substituents is 1. The molecule has 0 aliphatic heterocycles. The minimum atomic E-state index is -0.422. The maximum Gasteiger partial charge on any atom is 0.269 e. The Morgan fingerprint density at radius 2 is 1.74 bits per heavy atom. The van der Waals surface area contributed by atoms with E-state index in [2.05, 4.69) is 67.1 Å². The van der Waals surface area contributed by atoms with Crippen molar-refractivity contribution in [1.82, 2.24) is 4.57 Å². The van der Waals surface area contributed by atoms with E-state index in [0.717, 1.165) is 17.0 Å². The molecule has 3 rings (SSSR count). The molecule has 6 nitrogen and oxygen atoms in total. The summed E-state index contributed by atoms with van der Waals surface area (Å²) in [5, 5.41) is 15.0. The number of nitrogens with zero attached hydrogens (tertiary/aromatic N) is 3. The Morgan fingerprint density at radius 1 is 1.04 bits per heavy atom. The van der Waals surface area contributed by atoms with E-state index in [1.165, 1.54) is 28.9 Å². The molecule has 27 heavy (non-hydrogen) atoms. The van der Waals surface area contributed by atoms with E-state index in [1.54, 1.807) is 18.3 Å². The van der Waals surface area contributed by atoms with Gasteiger partial charge < -0.3 is 4.57 Å². The Bertz CT molecular complexity index is 1020. The van der Waals surface area contributed by atoms with Crippen molar-refractivity contribution in [3.63, 3.8) is 0 Å². The molecule has 2 aromatic carbocycles. The third kappa shape index (κ3) is 3.89. The van der Waals surface area contributed by atoms with Crippen molar-refractivity contribution in [2.45, 2.75) is 27.7 Å². The smallest absolute Gasteiger partial charge is 0.269 e. The van der Waals surface area contributed by atoms with Crippen LogP contribution in [-0.2, 0) is 0 Å². The summed E-state index contributed by atoms with van der Waals surface area (Å²) in [7, 11) is 0. The minimum Gasteiger partial charge on any atom is -0.318 e. The molecule has 0 aliphatic carbocycles. The van der Waals surface area contributed by atoms with Gasteiger partial charge in [-0.15, -0.1) is 0 Å². The third-order valence-corrected chi connectivity index (χ3v) is 4.54. The van der Waals surface area contributed by atoms with E-state index in [9.17, 15) is 10.1 Å². The molecule has 0 atom stereocenters. The van der Waals surface area contributed by atoms with Crippen molar-refractivity contribution >= 4 is 17.6 Å². The maximum atomic E-state index is 10.7. The summed E-state index contributed by atoms with van der Waals surface area (Å²) >= 11 is 0. The molecule has 0 saturated carbocycles. The first-order valence-electron chi connectivity index (χ1n) is 8.67. The molecule has 1 aromatic heterocycles. The van der Waals surface area contributed by atoms with Gasteiger partial charge in [0.1, 0.15) is 0 Å². The van der Waals surface area contributed by atoms with E-state index < -0.39 is 4.92 Å². The number of hydrogen-bond acceptors (Lipinski definition) is 4. The van der Waals surface area contributed by atoms with Crippen molar-refractivity contribution in [1.29, 1.82) is 0 Å². The van der Waals surface area contributed by atoms with Gasteiger partial charge in [-0.25, -0.2) is 0 Å². The van der Waals surface area contributed by atoms with E-state index in [1.807, 2.05) is 0 Å². The highest BCUT2D eigenvalue weighted by molar-refractivity contribution is 5.82. The second-order valence-corrected chi connectivity index (χ2v) is 6.63. The van der Waals surface area contributed by atoms with Gasteiger partial charge >= 0.3 is 0 Å². The van der Waals surface area contributed by atoms with Crippen LogP contribution in [-0.4, -0.2) is 15.7 Å². The third-order valence-electron chi connectivity index (χ3n) is 4.54. The highest BCUT2D eigenvalue weighted by Gasteiger charge is 2.11. The van der Waals surface area contributed by atoms with E-state index in [-0.39, 0.29) is 5.69 Å². The van der Waals surface area contributed by atoms with Gasteiger partial charge in [-0.05, 0) is 57.5 Å². The first-order valence-corrected chi connectivity index (χ1v) is 8.67. The fourth-order valence-corrected chi connectivity index (χ4v) is 3.18. The quantitative estimate of drug-likeness (QED) is 0.391. The summed E-state index contributed by atoms with van der Waals surface area (Å²) in [6, 6.07) is 14.7. The number of aryl methyl sites for hydroxylation is 3. The number of nitrogens with one attached hydrogen (secondary N) is 1. The molecule has 0 spiro atoms. The number of hydrazone groups is 1. The molecule has 0 fully saturated rings. The van der Waals surface area contributed by atoms with Crippen molar-refractivity contribution in [2.75, 3.05) is 5.43 Å².